The normalized spacial score (nSPS) is 12.6. The Labute approximate surface area is 178 Å². The number of carbonyl (C=O) groups is 1. The second-order valence-electron chi connectivity index (χ2n) is 7.19. The second kappa shape index (κ2) is 8.41. The standard InChI is InChI=1S/C25H18F2N2O2/c26-25(27,22-4-2-1-3-5-22)13-12-18-8-11-23-21(14-18)16-29(17-28-23)15-19-6-9-20(10-7-19)24(30)31/h1-11,14,17H,15-16H2,(H,30,31). The summed E-state index contributed by atoms with van der Waals surface area (Å²) in [5.41, 5.74) is 3.20. The summed E-state index contributed by atoms with van der Waals surface area (Å²) in [5, 5.41) is 9.00. The first-order valence-corrected chi connectivity index (χ1v) is 9.61. The minimum atomic E-state index is -3.23. The molecule has 0 aromatic heterocycles. The molecule has 0 radical (unpaired) electrons. The van der Waals surface area contributed by atoms with Crippen LogP contribution in [-0.2, 0) is 19.0 Å². The molecule has 0 bridgehead atoms. The summed E-state index contributed by atoms with van der Waals surface area (Å²) in [4.78, 5) is 17.4. The molecule has 0 atom stereocenters. The van der Waals surface area contributed by atoms with E-state index >= 15 is 0 Å². The molecule has 154 valence electrons. The molecule has 1 N–H and O–H groups in total. The molecule has 0 fully saturated rings. The summed E-state index contributed by atoms with van der Waals surface area (Å²) >= 11 is 0. The average molecular weight is 416 g/mol. The first kappa shape index (κ1) is 20.3. The van der Waals surface area contributed by atoms with E-state index in [0.717, 1.165) is 16.8 Å². The number of alkyl halides is 2. The van der Waals surface area contributed by atoms with Crippen LogP contribution in [0.2, 0.25) is 0 Å². The molecule has 4 nitrogen and oxygen atoms in total. The third kappa shape index (κ3) is 4.78. The van der Waals surface area contributed by atoms with Crippen molar-refractivity contribution < 1.29 is 18.7 Å². The van der Waals surface area contributed by atoms with E-state index in [0.29, 0.717) is 18.7 Å². The fourth-order valence-corrected chi connectivity index (χ4v) is 3.27. The summed E-state index contributed by atoms with van der Waals surface area (Å²) < 4.78 is 28.6. The first-order valence-electron chi connectivity index (χ1n) is 9.61. The van der Waals surface area contributed by atoms with E-state index in [1.807, 2.05) is 4.90 Å². The van der Waals surface area contributed by atoms with Crippen LogP contribution in [0, 0.1) is 11.8 Å². The number of halogens is 2. The molecule has 31 heavy (non-hydrogen) atoms. The van der Waals surface area contributed by atoms with Gasteiger partial charge in [-0.3, -0.25) is 0 Å². The smallest absolute Gasteiger partial charge is 0.335 e. The molecule has 0 saturated heterocycles. The summed E-state index contributed by atoms with van der Waals surface area (Å²) in [7, 11) is 0. The van der Waals surface area contributed by atoms with Gasteiger partial charge in [-0.25, -0.2) is 9.79 Å². The van der Waals surface area contributed by atoms with Gasteiger partial charge in [0, 0.05) is 24.2 Å². The number of aromatic carboxylic acids is 1. The second-order valence-corrected chi connectivity index (χ2v) is 7.19. The predicted octanol–water partition coefficient (Wildman–Crippen LogP) is 5.20. The fraction of sp³-hybridized carbons (Fsp3) is 0.120. The lowest BCUT2D eigenvalue weighted by Gasteiger charge is -2.24. The third-order valence-corrected chi connectivity index (χ3v) is 4.90. The molecular formula is C25H18F2N2O2. The van der Waals surface area contributed by atoms with E-state index in [1.165, 1.54) is 12.1 Å². The summed E-state index contributed by atoms with van der Waals surface area (Å²) in [5.74, 6) is 0.471. The van der Waals surface area contributed by atoms with Crippen LogP contribution in [0.5, 0.6) is 0 Å². The highest BCUT2D eigenvalue weighted by Gasteiger charge is 2.28. The zero-order chi connectivity index (χ0) is 21.8. The molecule has 0 amide bonds. The quantitative estimate of drug-likeness (QED) is 0.595. The summed E-state index contributed by atoms with van der Waals surface area (Å²) in [6, 6.07) is 19.4. The SMILES string of the molecule is O=C(O)c1ccc(CN2C=Nc3ccc(C#CC(F)(F)c4ccccc4)cc3C2)cc1. The molecular weight excluding hydrogens is 398 g/mol. The maximum Gasteiger partial charge on any atom is 0.335 e. The van der Waals surface area contributed by atoms with Crippen LogP contribution in [0.1, 0.15) is 32.6 Å². The Hall–Kier alpha value is -3.98. The van der Waals surface area contributed by atoms with Gasteiger partial charge < -0.3 is 10.0 Å². The molecule has 0 spiro atoms. The highest BCUT2D eigenvalue weighted by atomic mass is 19.3. The van der Waals surface area contributed by atoms with Crippen LogP contribution in [0.3, 0.4) is 0 Å². The number of hydrogen-bond donors (Lipinski definition) is 1. The first-order chi connectivity index (χ1) is 14.9. The predicted molar refractivity (Wildman–Crippen MR) is 114 cm³/mol. The molecule has 6 heteroatoms. The Kier molecular flexibility index (Phi) is 5.50. The number of carboxylic acid groups (broad SMARTS) is 1. The molecule has 1 aliphatic rings. The Bertz CT molecular complexity index is 1190. The van der Waals surface area contributed by atoms with E-state index in [-0.39, 0.29) is 11.1 Å². The van der Waals surface area contributed by atoms with Gasteiger partial charge in [-0.15, -0.1) is 0 Å². The van der Waals surface area contributed by atoms with Crippen molar-refractivity contribution in [3.63, 3.8) is 0 Å². The number of rotatable bonds is 4. The van der Waals surface area contributed by atoms with Crippen molar-refractivity contribution in [1.82, 2.24) is 4.90 Å². The number of carboxylic acids is 1. The lowest BCUT2D eigenvalue weighted by Crippen LogP contribution is -2.23. The molecule has 1 aliphatic heterocycles. The average Bonchev–Trinajstić information content (AvgIpc) is 2.78. The number of nitrogens with zero attached hydrogens (tertiary/aromatic N) is 2. The van der Waals surface area contributed by atoms with Crippen LogP contribution in [0.15, 0.2) is 77.8 Å². The van der Waals surface area contributed by atoms with Gasteiger partial charge in [-0.1, -0.05) is 48.4 Å². The Morgan fingerprint density at radius 3 is 2.52 bits per heavy atom. The van der Waals surface area contributed by atoms with Crippen molar-refractivity contribution in [2.24, 2.45) is 4.99 Å². The molecule has 4 rings (SSSR count). The van der Waals surface area contributed by atoms with Gasteiger partial charge >= 0.3 is 11.9 Å². The molecule has 0 saturated carbocycles. The van der Waals surface area contributed by atoms with Crippen LogP contribution < -0.4 is 0 Å². The fourth-order valence-electron chi connectivity index (χ4n) is 3.27. The Morgan fingerprint density at radius 2 is 1.81 bits per heavy atom. The number of hydrogen-bond acceptors (Lipinski definition) is 3. The van der Waals surface area contributed by atoms with Crippen molar-refractivity contribution in [2.45, 2.75) is 19.0 Å². The molecule has 1 heterocycles. The number of benzene rings is 3. The molecule has 3 aromatic rings. The monoisotopic (exact) mass is 416 g/mol. The number of fused-ring (bicyclic) bond motifs is 1. The van der Waals surface area contributed by atoms with E-state index in [1.54, 1.807) is 67.0 Å². The highest BCUT2D eigenvalue weighted by Crippen LogP contribution is 2.28. The van der Waals surface area contributed by atoms with E-state index in [2.05, 4.69) is 16.8 Å². The molecule has 3 aromatic carbocycles. The topological polar surface area (TPSA) is 52.9 Å². The van der Waals surface area contributed by atoms with Gasteiger partial charge in [-0.05, 0) is 47.4 Å². The van der Waals surface area contributed by atoms with Gasteiger partial charge in [0.2, 0.25) is 0 Å². The minimum absolute atomic E-state index is 0.134. The summed E-state index contributed by atoms with van der Waals surface area (Å²) in [6.07, 6.45) is 1.72. The largest absolute Gasteiger partial charge is 0.478 e. The van der Waals surface area contributed by atoms with Gasteiger partial charge in [0.05, 0.1) is 17.6 Å². The summed E-state index contributed by atoms with van der Waals surface area (Å²) in [6.45, 7) is 1.09. The van der Waals surface area contributed by atoms with Crippen LogP contribution in [0.25, 0.3) is 0 Å². The van der Waals surface area contributed by atoms with Gasteiger partial charge in [-0.2, -0.15) is 8.78 Å². The van der Waals surface area contributed by atoms with Crippen molar-refractivity contribution in [2.75, 3.05) is 0 Å². The lowest BCUT2D eigenvalue weighted by atomic mass is 10.1. The van der Waals surface area contributed by atoms with Gasteiger partial charge in [0.15, 0.2) is 0 Å². The Morgan fingerprint density at radius 1 is 1.06 bits per heavy atom. The maximum atomic E-state index is 14.3. The van der Waals surface area contributed by atoms with Gasteiger partial charge in [0.1, 0.15) is 0 Å². The van der Waals surface area contributed by atoms with Crippen molar-refractivity contribution >= 4 is 18.0 Å². The van der Waals surface area contributed by atoms with Gasteiger partial charge in [0.25, 0.3) is 0 Å². The van der Waals surface area contributed by atoms with Crippen LogP contribution in [-0.4, -0.2) is 22.3 Å². The molecule has 0 unspecified atom stereocenters. The van der Waals surface area contributed by atoms with Crippen molar-refractivity contribution in [3.8, 4) is 11.8 Å². The maximum absolute atomic E-state index is 14.3. The van der Waals surface area contributed by atoms with Crippen molar-refractivity contribution in [3.05, 3.63) is 101 Å². The van der Waals surface area contributed by atoms with E-state index in [9.17, 15) is 13.6 Å². The highest BCUT2D eigenvalue weighted by molar-refractivity contribution is 5.87. The molecule has 0 aliphatic carbocycles. The lowest BCUT2D eigenvalue weighted by molar-refractivity contribution is 0.0638. The Balaban J connectivity index is 1.49. The number of aliphatic imine (C=N–C) groups is 1. The van der Waals surface area contributed by atoms with E-state index in [4.69, 9.17) is 5.11 Å². The zero-order valence-corrected chi connectivity index (χ0v) is 16.4. The third-order valence-electron chi connectivity index (χ3n) is 4.90. The minimum Gasteiger partial charge on any atom is -0.478 e. The van der Waals surface area contributed by atoms with Crippen molar-refractivity contribution in [1.29, 1.82) is 0 Å². The van der Waals surface area contributed by atoms with E-state index < -0.39 is 11.9 Å². The zero-order valence-electron chi connectivity index (χ0n) is 16.4. The van der Waals surface area contributed by atoms with Crippen LogP contribution in [0.4, 0.5) is 14.5 Å². The van der Waals surface area contributed by atoms with Crippen LogP contribution >= 0.6 is 0 Å².